The third-order valence-electron chi connectivity index (χ3n) is 4.89. The van der Waals surface area contributed by atoms with Crippen LogP contribution in [0.4, 0.5) is 0 Å². The summed E-state index contributed by atoms with van der Waals surface area (Å²) in [5, 5.41) is 3.79. The molecule has 112 valence electrons. The standard InChI is InChI=1S/C17H34N2/c1-3-5-6-7-8-12-19-14-16(9-4-2)18-13-17(19)15-10-11-15/h15-18H,3-14H2,1-2H3. The van der Waals surface area contributed by atoms with Crippen LogP contribution in [0, 0.1) is 5.92 Å². The van der Waals surface area contributed by atoms with Gasteiger partial charge in [-0.15, -0.1) is 0 Å². The molecule has 2 rings (SSSR count). The minimum Gasteiger partial charge on any atom is -0.311 e. The molecule has 0 radical (unpaired) electrons. The maximum Gasteiger partial charge on any atom is 0.0249 e. The summed E-state index contributed by atoms with van der Waals surface area (Å²) < 4.78 is 0. The molecule has 1 N–H and O–H groups in total. The van der Waals surface area contributed by atoms with Crippen LogP contribution in [0.5, 0.6) is 0 Å². The van der Waals surface area contributed by atoms with Gasteiger partial charge in [0.15, 0.2) is 0 Å². The molecular weight excluding hydrogens is 232 g/mol. The fraction of sp³-hybridized carbons (Fsp3) is 1.00. The second-order valence-electron chi connectivity index (χ2n) is 6.71. The van der Waals surface area contributed by atoms with Gasteiger partial charge in [-0.05, 0) is 38.1 Å². The Morgan fingerprint density at radius 2 is 1.79 bits per heavy atom. The predicted octanol–water partition coefficient (Wildman–Crippen LogP) is 3.81. The van der Waals surface area contributed by atoms with E-state index < -0.39 is 0 Å². The lowest BCUT2D eigenvalue weighted by atomic mass is 10.0. The second-order valence-corrected chi connectivity index (χ2v) is 6.71. The van der Waals surface area contributed by atoms with Gasteiger partial charge in [-0.3, -0.25) is 4.90 Å². The van der Waals surface area contributed by atoms with E-state index in [0.29, 0.717) is 0 Å². The molecule has 2 unspecified atom stereocenters. The van der Waals surface area contributed by atoms with Gasteiger partial charge in [-0.1, -0.05) is 46.0 Å². The fourth-order valence-electron chi connectivity index (χ4n) is 3.56. The Morgan fingerprint density at radius 3 is 2.47 bits per heavy atom. The van der Waals surface area contributed by atoms with Crippen molar-refractivity contribution in [3.05, 3.63) is 0 Å². The van der Waals surface area contributed by atoms with E-state index in [1.165, 1.54) is 77.4 Å². The van der Waals surface area contributed by atoms with Crippen LogP contribution < -0.4 is 5.32 Å². The minimum atomic E-state index is 0.760. The van der Waals surface area contributed by atoms with E-state index in [-0.39, 0.29) is 0 Å². The van der Waals surface area contributed by atoms with Gasteiger partial charge < -0.3 is 5.32 Å². The summed E-state index contributed by atoms with van der Waals surface area (Å²) in [6.07, 6.45) is 12.7. The van der Waals surface area contributed by atoms with Crippen LogP contribution in [0.25, 0.3) is 0 Å². The number of hydrogen-bond acceptors (Lipinski definition) is 2. The Morgan fingerprint density at radius 1 is 1.00 bits per heavy atom. The zero-order valence-corrected chi connectivity index (χ0v) is 13.2. The largest absolute Gasteiger partial charge is 0.311 e. The van der Waals surface area contributed by atoms with Gasteiger partial charge in [0.05, 0.1) is 0 Å². The van der Waals surface area contributed by atoms with Crippen molar-refractivity contribution in [3.8, 4) is 0 Å². The molecule has 2 heteroatoms. The maximum absolute atomic E-state index is 3.79. The van der Waals surface area contributed by atoms with Crippen molar-refractivity contribution >= 4 is 0 Å². The highest BCUT2D eigenvalue weighted by atomic mass is 15.2. The molecule has 19 heavy (non-hydrogen) atoms. The van der Waals surface area contributed by atoms with Crippen molar-refractivity contribution in [1.82, 2.24) is 10.2 Å². The van der Waals surface area contributed by atoms with Crippen LogP contribution in [0.2, 0.25) is 0 Å². The SMILES string of the molecule is CCCCCCCN1CC(CCC)NCC1C1CC1. The number of piperazine rings is 1. The molecule has 0 spiro atoms. The lowest BCUT2D eigenvalue weighted by Crippen LogP contribution is -2.57. The highest BCUT2D eigenvalue weighted by molar-refractivity contribution is 4.94. The molecule has 0 aromatic carbocycles. The average Bonchev–Trinajstić information content (AvgIpc) is 3.24. The smallest absolute Gasteiger partial charge is 0.0249 e. The second kappa shape index (κ2) is 8.26. The van der Waals surface area contributed by atoms with E-state index in [9.17, 15) is 0 Å². The number of rotatable bonds is 9. The first kappa shape index (κ1) is 15.3. The normalized spacial score (nSPS) is 28.7. The van der Waals surface area contributed by atoms with Gasteiger partial charge in [0.1, 0.15) is 0 Å². The molecule has 1 aliphatic heterocycles. The van der Waals surface area contributed by atoms with Gasteiger partial charge >= 0.3 is 0 Å². The molecule has 1 saturated carbocycles. The number of unbranched alkanes of at least 4 members (excludes halogenated alkanes) is 4. The van der Waals surface area contributed by atoms with Gasteiger partial charge in [0.2, 0.25) is 0 Å². The van der Waals surface area contributed by atoms with E-state index >= 15 is 0 Å². The number of nitrogens with one attached hydrogen (secondary N) is 1. The molecule has 2 nitrogen and oxygen atoms in total. The van der Waals surface area contributed by atoms with Crippen molar-refractivity contribution in [1.29, 1.82) is 0 Å². The van der Waals surface area contributed by atoms with Gasteiger partial charge in [0.25, 0.3) is 0 Å². The van der Waals surface area contributed by atoms with Crippen LogP contribution in [-0.2, 0) is 0 Å². The Kier molecular flexibility index (Phi) is 6.66. The maximum atomic E-state index is 3.79. The Labute approximate surface area is 120 Å². The summed E-state index contributed by atoms with van der Waals surface area (Å²) in [5.74, 6) is 1.02. The third kappa shape index (κ3) is 5.07. The van der Waals surface area contributed by atoms with Crippen molar-refractivity contribution < 1.29 is 0 Å². The van der Waals surface area contributed by atoms with Gasteiger partial charge in [-0.25, -0.2) is 0 Å². The zero-order chi connectivity index (χ0) is 13.5. The van der Waals surface area contributed by atoms with E-state index in [4.69, 9.17) is 0 Å². The highest BCUT2D eigenvalue weighted by Gasteiger charge is 2.38. The molecule has 0 aromatic rings. The van der Waals surface area contributed by atoms with Crippen LogP contribution in [-0.4, -0.2) is 36.6 Å². The summed E-state index contributed by atoms with van der Waals surface area (Å²) in [5.41, 5.74) is 0. The van der Waals surface area contributed by atoms with Crippen LogP contribution >= 0.6 is 0 Å². The molecule has 2 fully saturated rings. The molecular formula is C17H34N2. The molecule has 0 aromatic heterocycles. The van der Waals surface area contributed by atoms with Crippen molar-refractivity contribution in [2.75, 3.05) is 19.6 Å². The third-order valence-corrected chi connectivity index (χ3v) is 4.89. The quantitative estimate of drug-likeness (QED) is 0.638. The first-order valence-corrected chi connectivity index (χ1v) is 8.82. The van der Waals surface area contributed by atoms with E-state index in [1.54, 1.807) is 0 Å². The summed E-state index contributed by atoms with van der Waals surface area (Å²) in [4.78, 5) is 2.83. The predicted molar refractivity (Wildman–Crippen MR) is 83.5 cm³/mol. The molecule has 2 aliphatic rings. The lowest BCUT2D eigenvalue weighted by molar-refractivity contribution is 0.109. The van der Waals surface area contributed by atoms with Crippen LogP contribution in [0.3, 0.4) is 0 Å². The minimum absolute atomic E-state index is 0.760. The summed E-state index contributed by atoms with van der Waals surface area (Å²) in [7, 11) is 0. The molecule has 1 aliphatic carbocycles. The molecule has 0 amide bonds. The van der Waals surface area contributed by atoms with E-state index in [0.717, 1.165) is 18.0 Å². The first-order valence-electron chi connectivity index (χ1n) is 8.82. The summed E-state index contributed by atoms with van der Waals surface area (Å²) >= 11 is 0. The Hall–Kier alpha value is -0.0800. The first-order chi connectivity index (χ1) is 9.35. The Balaban J connectivity index is 1.71. The fourth-order valence-corrected chi connectivity index (χ4v) is 3.56. The van der Waals surface area contributed by atoms with E-state index in [2.05, 4.69) is 24.1 Å². The zero-order valence-electron chi connectivity index (χ0n) is 13.2. The van der Waals surface area contributed by atoms with Crippen LogP contribution in [0.1, 0.15) is 71.6 Å². The number of nitrogens with zero attached hydrogens (tertiary/aromatic N) is 1. The molecule has 1 heterocycles. The summed E-state index contributed by atoms with van der Waals surface area (Å²) in [6.45, 7) is 8.53. The average molecular weight is 266 g/mol. The molecule has 1 saturated heterocycles. The van der Waals surface area contributed by atoms with Gasteiger partial charge in [-0.2, -0.15) is 0 Å². The highest BCUT2D eigenvalue weighted by Crippen LogP contribution is 2.36. The van der Waals surface area contributed by atoms with E-state index in [1.807, 2.05) is 0 Å². The lowest BCUT2D eigenvalue weighted by Gasteiger charge is -2.41. The van der Waals surface area contributed by atoms with Gasteiger partial charge in [0, 0.05) is 25.2 Å². The molecule has 2 atom stereocenters. The number of hydrogen-bond donors (Lipinski definition) is 1. The monoisotopic (exact) mass is 266 g/mol. The topological polar surface area (TPSA) is 15.3 Å². The van der Waals surface area contributed by atoms with Crippen molar-refractivity contribution in [2.45, 2.75) is 83.7 Å². The van der Waals surface area contributed by atoms with Crippen molar-refractivity contribution in [2.24, 2.45) is 5.92 Å². The summed E-state index contributed by atoms with van der Waals surface area (Å²) in [6, 6.07) is 1.62. The Bertz CT molecular complexity index is 237. The van der Waals surface area contributed by atoms with Crippen LogP contribution in [0.15, 0.2) is 0 Å². The molecule has 0 bridgehead atoms. The van der Waals surface area contributed by atoms with Crippen molar-refractivity contribution in [3.63, 3.8) is 0 Å².